The summed E-state index contributed by atoms with van der Waals surface area (Å²) in [5, 5.41) is 8.09. The fourth-order valence-corrected chi connectivity index (χ4v) is 3.61. The number of nitrogens with one attached hydrogen (secondary N) is 1. The van der Waals surface area contributed by atoms with Gasteiger partial charge in [-0.25, -0.2) is 0 Å². The van der Waals surface area contributed by atoms with Crippen LogP contribution in [0, 0.1) is 19.8 Å². The van der Waals surface area contributed by atoms with E-state index in [0.29, 0.717) is 0 Å². The average molecular weight is 248 g/mol. The lowest BCUT2D eigenvalue weighted by molar-refractivity contribution is 0.117. The second kappa shape index (κ2) is 4.67. The van der Waals surface area contributed by atoms with Gasteiger partial charge in [-0.2, -0.15) is 5.10 Å². The molecular formula is C14H24N4. The van der Waals surface area contributed by atoms with Gasteiger partial charge in [-0.1, -0.05) is 0 Å². The van der Waals surface area contributed by atoms with Crippen LogP contribution in [0.3, 0.4) is 0 Å². The number of fused-ring (bicyclic) bond motifs is 1. The minimum absolute atomic E-state index is 0.748. The van der Waals surface area contributed by atoms with Crippen LogP contribution in [0.2, 0.25) is 0 Å². The van der Waals surface area contributed by atoms with Crippen molar-refractivity contribution < 1.29 is 0 Å². The van der Waals surface area contributed by atoms with Crippen LogP contribution in [-0.4, -0.2) is 40.4 Å². The van der Waals surface area contributed by atoms with Crippen LogP contribution in [0.25, 0.3) is 0 Å². The first kappa shape index (κ1) is 12.2. The van der Waals surface area contributed by atoms with Gasteiger partial charge in [0.2, 0.25) is 0 Å². The summed E-state index contributed by atoms with van der Waals surface area (Å²) in [7, 11) is 2.04. The predicted octanol–water partition coefficient (Wildman–Crippen LogP) is 1.22. The third-order valence-electron chi connectivity index (χ3n) is 4.81. The standard InChI is InChI=1S/C14H24N4/c1-10-13(11(2)17(3)16-10)9-18-6-4-5-12-7-15-8-14(12)18/h12,14-15H,4-9H2,1-3H3. The molecule has 0 radical (unpaired) electrons. The quantitative estimate of drug-likeness (QED) is 0.854. The van der Waals surface area contributed by atoms with Crippen molar-refractivity contribution in [3.05, 3.63) is 17.0 Å². The summed E-state index contributed by atoms with van der Waals surface area (Å²) in [6.45, 7) is 9.03. The fraction of sp³-hybridized carbons (Fsp3) is 0.786. The van der Waals surface area contributed by atoms with E-state index in [1.165, 1.54) is 49.4 Å². The van der Waals surface area contributed by atoms with Gasteiger partial charge >= 0.3 is 0 Å². The van der Waals surface area contributed by atoms with Crippen molar-refractivity contribution >= 4 is 0 Å². The summed E-state index contributed by atoms with van der Waals surface area (Å²) in [6.07, 6.45) is 2.75. The smallest absolute Gasteiger partial charge is 0.0641 e. The van der Waals surface area contributed by atoms with Gasteiger partial charge in [0.05, 0.1) is 5.69 Å². The van der Waals surface area contributed by atoms with Crippen LogP contribution >= 0.6 is 0 Å². The van der Waals surface area contributed by atoms with Crippen molar-refractivity contribution in [2.75, 3.05) is 19.6 Å². The Morgan fingerprint density at radius 2 is 2.17 bits per heavy atom. The number of likely N-dealkylation sites (tertiary alicyclic amines) is 1. The SMILES string of the molecule is Cc1nn(C)c(C)c1CN1CCCC2CNCC21. The first-order chi connectivity index (χ1) is 8.66. The Morgan fingerprint density at radius 3 is 2.89 bits per heavy atom. The highest BCUT2D eigenvalue weighted by atomic mass is 15.3. The van der Waals surface area contributed by atoms with Crippen LogP contribution in [0.5, 0.6) is 0 Å². The van der Waals surface area contributed by atoms with Gasteiger partial charge in [-0.15, -0.1) is 0 Å². The molecule has 1 aromatic heterocycles. The molecule has 0 amide bonds. The van der Waals surface area contributed by atoms with Gasteiger partial charge in [-0.3, -0.25) is 9.58 Å². The molecular weight excluding hydrogens is 224 g/mol. The van der Waals surface area contributed by atoms with Crippen molar-refractivity contribution in [1.29, 1.82) is 0 Å². The number of hydrogen-bond acceptors (Lipinski definition) is 3. The number of aromatic nitrogens is 2. The third-order valence-corrected chi connectivity index (χ3v) is 4.81. The minimum Gasteiger partial charge on any atom is -0.315 e. The Hall–Kier alpha value is -0.870. The monoisotopic (exact) mass is 248 g/mol. The summed E-state index contributed by atoms with van der Waals surface area (Å²) in [4.78, 5) is 2.67. The summed E-state index contributed by atoms with van der Waals surface area (Å²) < 4.78 is 2.01. The molecule has 4 heteroatoms. The third kappa shape index (κ3) is 1.97. The largest absolute Gasteiger partial charge is 0.315 e. The molecule has 2 unspecified atom stereocenters. The Bertz CT molecular complexity index is 437. The number of piperidine rings is 1. The first-order valence-electron chi connectivity index (χ1n) is 7.10. The van der Waals surface area contributed by atoms with E-state index in [9.17, 15) is 0 Å². The summed E-state index contributed by atoms with van der Waals surface area (Å²) >= 11 is 0. The molecule has 1 aromatic rings. The van der Waals surface area contributed by atoms with Gasteiger partial charge in [-0.05, 0) is 45.7 Å². The van der Waals surface area contributed by atoms with Gasteiger partial charge in [0, 0.05) is 37.4 Å². The molecule has 0 spiro atoms. The predicted molar refractivity (Wildman–Crippen MR) is 72.5 cm³/mol. The summed E-state index contributed by atoms with van der Waals surface area (Å²) in [6, 6.07) is 0.748. The van der Waals surface area contributed by atoms with Crippen LogP contribution in [0.1, 0.15) is 29.8 Å². The number of hydrogen-bond donors (Lipinski definition) is 1. The minimum atomic E-state index is 0.748. The topological polar surface area (TPSA) is 33.1 Å². The molecule has 0 aliphatic carbocycles. The zero-order valence-corrected chi connectivity index (χ0v) is 11.7. The van der Waals surface area contributed by atoms with E-state index < -0.39 is 0 Å². The van der Waals surface area contributed by atoms with Crippen LogP contribution < -0.4 is 5.32 Å². The molecule has 2 atom stereocenters. The van der Waals surface area contributed by atoms with Gasteiger partial charge < -0.3 is 5.32 Å². The zero-order chi connectivity index (χ0) is 12.7. The van der Waals surface area contributed by atoms with E-state index >= 15 is 0 Å². The molecule has 2 saturated heterocycles. The molecule has 0 aromatic carbocycles. The second-order valence-electron chi connectivity index (χ2n) is 5.87. The van der Waals surface area contributed by atoms with E-state index in [1.54, 1.807) is 0 Å². The molecule has 0 saturated carbocycles. The van der Waals surface area contributed by atoms with Gasteiger partial charge in [0.15, 0.2) is 0 Å². The van der Waals surface area contributed by atoms with E-state index in [2.05, 4.69) is 29.2 Å². The van der Waals surface area contributed by atoms with Crippen molar-refractivity contribution in [2.24, 2.45) is 13.0 Å². The van der Waals surface area contributed by atoms with Crippen molar-refractivity contribution in [3.8, 4) is 0 Å². The molecule has 2 fully saturated rings. The van der Waals surface area contributed by atoms with E-state index in [0.717, 1.165) is 18.5 Å². The lowest BCUT2D eigenvalue weighted by Gasteiger charge is -2.37. The van der Waals surface area contributed by atoms with Crippen molar-refractivity contribution in [1.82, 2.24) is 20.0 Å². The Morgan fingerprint density at radius 1 is 1.33 bits per heavy atom. The summed E-state index contributed by atoms with van der Waals surface area (Å²) in [5.74, 6) is 0.871. The molecule has 1 N–H and O–H groups in total. The summed E-state index contributed by atoms with van der Waals surface area (Å²) in [5.41, 5.74) is 3.95. The van der Waals surface area contributed by atoms with Crippen LogP contribution in [0.15, 0.2) is 0 Å². The van der Waals surface area contributed by atoms with Gasteiger partial charge in [0.25, 0.3) is 0 Å². The first-order valence-corrected chi connectivity index (χ1v) is 7.10. The van der Waals surface area contributed by atoms with E-state index in [4.69, 9.17) is 0 Å². The molecule has 100 valence electrons. The maximum atomic E-state index is 4.54. The lowest BCUT2D eigenvalue weighted by Crippen LogP contribution is -2.44. The highest BCUT2D eigenvalue weighted by Gasteiger charge is 2.35. The van der Waals surface area contributed by atoms with Crippen molar-refractivity contribution in [2.45, 2.75) is 39.3 Å². The number of aryl methyl sites for hydroxylation is 2. The molecule has 2 aliphatic rings. The fourth-order valence-electron chi connectivity index (χ4n) is 3.61. The number of rotatable bonds is 2. The zero-order valence-electron chi connectivity index (χ0n) is 11.7. The highest BCUT2D eigenvalue weighted by molar-refractivity contribution is 5.24. The second-order valence-corrected chi connectivity index (χ2v) is 5.87. The molecule has 4 nitrogen and oxygen atoms in total. The molecule has 2 aliphatic heterocycles. The Kier molecular flexibility index (Phi) is 3.16. The van der Waals surface area contributed by atoms with Gasteiger partial charge in [0.1, 0.15) is 0 Å². The maximum absolute atomic E-state index is 4.54. The number of nitrogens with zero attached hydrogens (tertiary/aromatic N) is 3. The molecule has 0 bridgehead atoms. The lowest BCUT2D eigenvalue weighted by atomic mass is 9.91. The Balaban J connectivity index is 1.79. The highest BCUT2D eigenvalue weighted by Crippen LogP contribution is 2.28. The van der Waals surface area contributed by atoms with Crippen LogP contribution in [0.4, 0.5) is 0 Å². The van der Waals surface area contributed by atoms with Crippen molar-refractivity contribution in [3.63, 3.8) is 0 Å². The average Bonchev–Trinajstić information content (AvgIpc) is 2.91. The molecule has 3 rings (SSSR count). The molecule has 3 heterocycles. The Labute approximate surface area is 109 Å². The van der Waals surface area contributed by atoms with E-state index in [-0.39, 0.29) is 0 Å². The normalized spacial score (nSPS) is 28.6. The van der Waals surface area contributed by atoms with Crippen LogP contribution in [-0.2, 0) is 13.6 Å². The molecule has 18 heavy (non-hydrogen) atoms. The van der Waals surface area contributed by atoms with E-state index in [1.807, 2.05) is 11.7 Å². The maximum Gasteiger partial charge on any atom is 0.0641 e.